The van der Waals surface area contributed by atoms with Crippen molar-refractivity contribution >= 4 is 17.8 Å². The zero-order chi connectivity index (χ0) is 17.7. The van der Waals surface area contributed by atoms with E-state index in [1.165, 1.54) is 7.11 Å². The van der Waals surface area contributed by atoms with Gasteiger partial charge in [0.1, 0.15) is 5.60 Å². The second-order valence-electron chi connectivity index (χ2n) is 7.45. The molecule has 0 spiro atoms. The molecule has 1 N–H and O–H groups in total. The molecular formula is C17H29N3O4. The van der Waals surface area contributed by atoms with Crippen molar-refractivity contribution in [3.05, 3.63) is 0 Å². The Bertz CT molecular complexity index is 499. The molecule has 1 aliphatic heterocycles. The predicted octanol–water partition coefficient (Wildman–Crippen LogP) is 1.61. The van der Waals surface area contributed by atoms with Crippen molar-refractivity contribution in [2.75, 3.05) is 33.3 Å². The van der Waals surface area contributed by atoms with E-state index in [1.54, 1.807) is 4.90 Å². The van der Waals surface area contributed by atoms with Gasteiger partial charge in [0.2, 0.25) is 0 Å². The summed E-state index contributed by atoms with van der Waals surface area (Å²) >= 11 is 0. The maximum Gasteiger partial charge on any atom is 0.410 e. The van der Waals surface area contributed by atoms with Gasteiger partial charge in [0.25, 0.3) is 0 Å². The van der Waals surface area contributed by atoms with E-state index >= 15 is 0 Å². The minimum absolute atomic E-state index is 0.0497. The van der Waals surface area contributed by atoms with Gasteiger partial charge < -0.3 is 19.7 Å². The van der Waals surface area contributed by atoms with Crippen LogP contribution in [0.4, 0.5) is 4.79 Å². The molecule has 0 bridgehead atoms. The third-order valence-electron chi connectivity index (χ3n) is 4.24. The summed E-state index contributed by atoms with van der Waals surface area (Å²) in [5.41, 5.74) is 0.589. The Morgan fingerprint density at radius 3 is 2.79 bits per heavy atom. The minimum Gasteiger partial charge on any atom is -0.469 e. The lowest BCUT2D eigenvalue weighted by Gasteiger charge is -2.34. The van der Waals surface area contributed by atoms with Gasteiger partial charge in [-0.1, -0.05) is 0 Å². The molecule has 7 heteroatoms. The quantitative estimate of drug-likeness (QED) is 0.790. The van der Waals surface area contributed by atoms with Crippen LogP contribution >= 0.6 is 0 Å². The Morgan fingerprint density at radius 2 is 2.12 bits per heavy atom. The van der Waals surface area contributed by atoms with Gasteiger partial charge in [0, 0.05) is 31.4 Å². The first-order chi connectivity index (χ1) is 11.3. The molecule has 2 rings (SSSR count). The first-order valence-electron chi connectivity index (χ1n) is 8.60. The first-order valence-corrected chi connectivity index (χ1v) is 8.60. The second-order valence-corrected chi connectivity index (χ2v) is 7.45. The first kappa shape index (κ1) is 18.7. The third kappa shape index (κ3) is 5.47. The average molecular weight is 339 g/mol. The van der Waals surface area contributed by atoms with Crippen LogP contribution in [0.1, 0.15) is 40.0 Å². The van der Waals surface area contributed by atoms with E-state index in [1.807, 2.05) is 20.8 Å². The molecule has 1 amide bonds. The van der Waals surface area contributed by atoms with E-state index in [9.17, 15) is 9.59 Å². The molecule has 1 unspecified atom stereocenters. The summed E-state index contributed by atoms with van der Waals surface area (Å²) in [6.45, 7) is 8.19. The minimum atomic E-state index is -0.482. The van der Waals surface area contributed by atoms with Crippen LogP contribution in [0, 0.1) is 5.92 Å². The summed E-state index contributed by atoms with van der Waals surface area (Å²) in [6.07, 6.45) is 2.08. The highest BCUT2D eigenvalue weighted by molar-refractivity contribution is 5.91. The molecule has 24 heavy (non-hydrogen) atoms. The van der Waals surface area contributed by atoms with Crippen LogP contribution in [0.3, 0.4) is 0 Å². The van der Waals surface area contributed by atoms with Gasteiger partial charge in [0.05, 0.1) is 19.6 Å². The Labute approximate surface area is 143 Å². The van der Waals surface area contributed by atoms with E-state index < -0.39 is 5.60 Å². The molecule has 1 heterocycles. The van der Waals surface area contributed by atoms with Gasteiger partial charge in [-0.25, -0.2) is 4.79 Å². The maximum atomic E-state index is 12.2. The van der Waals surface area contributed by atoms with E-state index in [0.717, 1.165) is 25.1 Å². The Morgan fingerprint density at radius 1 is 1.38 bits per heavy atom. The number of amides is 1. The summed E-state index contributed by atoms with van der Waals surface area (Å²) in [5, 5.41) is 3.39. The molecule has 136 valence electrons. The number of hydrogen-bond acceptors (Lipinski definition) is 6. The van der Waals surface area contributed by atoms with Crippen molar-refractivity contribution in [1.82, 2.24) is 10.2 Å². The van der Waals surface area contributed by atoms with Gasteiger partial charge >= 0.3 is 12.1 Å². The number of hydrogen-bond donors (Lipinski definition) is 1. The molecule has 0 radical (unpaired) electrons. The normalized spacial score (nSPS) is 26.5. The number of piperazine rings is 1. The number of carbonyl (C=O) groups is 2. The van der Waals surface area contributed by atoms with E-state index in [-0.39, 0.29) is 24.0 Å². The molecule has 1 saturated heterocycles. The van der Waals surface area contributed by atoms with E-state index in [0.29, 0.717) is 26.1 Å². The SMILES string of the molecule is COC(=O)[C@H]1CC/C(=N\CC2CN(C(=O)OC(C)(C)C)CCN2)C1. The van der Waals surface area contributed by atoms with Crippen LogP contribution in [0.2, 0.25) is 0 Å². The van der Waals surface area contributed by atoms with Crippen LogP contribution in [-0.4, -0.2) is 67.6 Å². The summed E-state index contributed by atoms with van der Waals surface area (Å²) in [5.74, 6) is -0.196. The van der Waals surface area contributed by atoms with Crippen molar-refractivity contribution in [2.45, 2.75) is 51.7 Å². The molecule has 0 aromatic heterocycles. The fourth-order valence-corrected chi connectivity index (χ4v) is 3.02. The van der Waals surface area contributed by atoms with Crippen LogP contribution < -0.4 is 5.32 Å². The molecule has 7 nitrogen and oxygen atoms in total. The number of carbonyl (C=O) groups excluding carboxylic acids is 2. The van der Waals surface area contributed by atoms with Crippen LogP contribution in [-0.2, 0) is 14.3 Å². The number of ether oxygens (including phenoxy) is 2. The van der Waals surface area contributed by atoms with Gasteiger partial charge in [0.15, 0.2) is 0 Å². The highest BCUT2D eigenvalue weighted by Crippen LogP contribution is 2.24. The fourth-order valence-electron chi connectivity index (χ4n) is 3.02. The molecule has 1 aliphatic carbocycles. The number of aliphatic imine (C=N–C) groups is 1. The standard InChI is InChI=1S/C17H29N3O4/c1-17(2,3)24-16(22)20-8-7-18-14(11-20)10-19-13-6-5-12(9-13)15(21)23-4/h12,14,18H,5-11H2,1-4H3/b19-13+/t12-,14?/m0/s1. The van der Waals surface area contributed by atoms with Crippen molar-refractivity contribution < 1.29 is 19.1 Å². The Kier molecular flexibility index (Phi) is 6.21. The van der Waals surface area contributed by atoms with Crippen LogP contribution in [0.25, 0.3) is 0 Å². The highest BCUT2D eigenvalue weighted by Gasteiger charge is 2.29. The number of nitrogens with one attached hydrogen (secondary N) is 1. The van der Waals surface area contributed by atoms with Gasteiger partial charge in [-0.05, 0) is 40.0 Å². The molecule has 2 aliphatic rings. The fraction of sp³-hybridized carbons (Fsp3) is 0.824. The number of nitrogens with zero attached hydrogens (tertiary/aromatic N) is 2. The lowest BCUT2D eigenvalue weighted by Crippen LogP contribution is -2.54. The molecule has 2 atom stereocenters. The summed E-state index contributed by atoms with van der Waals surface area (Å²) in [6, 6.07) is 0.121. The maximum absolute atomic E-state index is 12.2. The van der Waals surface area contributed by atoms with Crippen LogP contribution in [0.5, 0.6) is 0 Å². The predicted molar refractivity (Wildman–Crippen MR) is 91.3 cm³/mol. The average Bonchev–Trinajstić information content (AvgIpc) is 3.00. The number of methoxy groups -OCH3 is 1. The Hall–Kier alpha value is -1.63. The zero-order valence-corrected chi connectivity index (χ0v) is 15.1. The zero-order valence-electron chi connectivity index (χ0n) is 15.1. The van der Waals surface area contributed by atoms with Crippen molar-refractivity contribution in [1.29, 1.82) is 0 Å². The summed E-state index contributed by atoms with van der Waals surface area (Å²) in [4.78, 5) is 30.1. The van der Waals surface area contributed by atoms with Gasteiger partial charge in [-0.2, -0.15) is 0 Å². The lowest BCUT2D eigenvalue weighted by atomic mass is 10.1. The molecule has 0 aromatic rings. The van der Waals surface area contributed by atoms with E-state index in [2.05, 4.69) is 10.3 Å². The van der Waals surface area contributed by atoms with Crippen LogP contribution in [0.15, 0.2) is 4.99 Å². The number of esters is 1. The van der Waals surface area contributed by atoms with Gasteiger partial charge in [-0.15, -0.1) is 0 Å². The molecule has 2 fully saturated rings. The lowest BCUT2D eigenvalue weighted by molar-refractivity contribution is -0.145. The molecule has 0 aromatic carbocycles. The van der Waals surface area contributed by atoms with Crippen molar-refractivity contribution in [2.24, 2.45) is 10.9 Å². The topological polar surface area (TPSA) is 80.2 Å². The largest absolute Gasteiger partial charge is 0.469 e. The van der Waals surface area contributed by atoms with E-state index in [4.69, 9.17) is 9.47 Å². The Balaban J connectivity index is 1.82. The second kappa shape index (κ2) is 7.96. The van der Waals surface area contributed by atoms with Gasteiger partial charge in [-0.3, -0.25) is 9.79 Å². The summed E-state index contributed by atoms with van der Waals surface area (Å²) < 4.78 is 10.2. The van der Waals surface area contributed by atoms with Crippen molar-refractivity contribution in [3.8, 4) is 0 Å². The monoisotopic (exact) mass is 339 g/mol. The molecular weight excluding hydrogens is 310 g/mol. The third-order valence-corrected chi connectivity index (χ3v) is 4.24. The smallest absolute Gasteiger partial charge is 0.410 e. The molecule has 1 saturated carbocycles. The van der Waals surface area contributed by atoms with Crippen molar-refractivity contribution in [3.63, 3.8) is 0 Å². The summed E-state index contributed by atoms with van der Waals surface area (Å²) in [7, 11) is 1.43. The highest BCUT2D eigenvalue weighted by atomic mass is 16.6. The number of rotatable bonds is 3.